The van der Waals surface area contributed by atoms with Crippen molar-refractivity contribution < 1.29 is 22.8 Å². The number of alkyl halides is 3. The topological polar surface area (TPSA) is 58.2 Å². The SMILES string of the molecule is CC(C)CNC(=O)C(=O)Nc1ccccc1C(F)(F)F. The second-order valence-electron chi connectivity index (χ2n) is 4.60. The molecule has 0 aliphatic rings. The van der Waals surface area contributed by atoms with E-state index in [2.05, 4.69) is 5.32 Å². The summed E-state index contributed by atoms with van der Waals surface area (Å²) < 4.78 is 38.1. The number of benzene rings is 1. The van der Waals surface area contributed by atoms with E-state index < -0.39 is 29.2 Å². The molecule has 2 N–H and O–H groups in total. The number of hydrogen-bond donors (Lipinski definition) is 2. The highest BCUT2D eigenvalue weighted by atomic mass is 19.4. The van der Waals surface area contributed by atoms with Crippen molar-refractivity contribution in [2.75, 3.05) is 11.9 Å². The number of para-hydroxylation sites is 1. The summed E-state index contributed by atoms with van der Waals surface area (Å²) in [6.45, 7) is 3.93. The van der Waals surface area contributed by atoms with Crippen molar-refractivity contribution in [3.8, 4) is 0 Å². The average molecular weight is 288 g/mol. The summed E-state index contributed by atoms with van der Waals surface area (Å²) in [4.78, 5) is 22.9. The molecule has 4 nitrogen and oxygen atoms in total. The Morgan fingerprint density at radius 3 is 2.30 bits per heavy atom. The Balaban J connectivity index is 2.79. The van der Waals surface area contributed by atoms with E-state index in [1.165, 1.54) is 12.1 Å². The minimum atomic E-state index is -4.60. The Hall–Kier alpha value is -2.05. The molecule has 0 atom stereocenters. The largest absolute Gasteiger partial charge is 0.418 e. The summed E-state index contributed by atoms with van der Waals surface area (Å²) in [5, 5.41) is 4.30. The van der Waals surface area contributed by atoms with E-state index in [1.54, 1.807) is 0 Å². The van der Waals surface area contributed by atoms with Gasteiger partial charge >= 0.3 is 18.0 Å². The van der Waals surface area contributed by atoms with E-state index in [0.29, 0.717) is 0 Å². The molecule has 7 heteroatoms. The summed E-state index contributed by atoms with van der Waals surface area (Å²) in [6.07, 6.45) is -4.60. The normalized spacial score (nSPS) is 11.3. The molecule has 110 valence electrons. The molecule has 0 saturated carbocycles. The first-order valence-corrected chi connectivity index (χ1v) is 5.97. The van der Waals surface area contributed by atoms with E-state index in [4.69, 9.17) is 0 Å². The van der Waals surface area contributed by atoms with Crippen molar-refractivity contribution in [1.29, 1.82) is 0 Å². The summed E-state index contributed by atoms with van der Waals surface area (Å²) >= 11 is 0. The standard InChI is InChI=1S/C13H15F3N2O2/c1-8(2)7-17-11(19)12(20)18-10-6-4-3-5-9(10)13(14,15)16/h3-6,8H,7H2,1-2H3,(H,17,19)(H,18,20). The predicted molar refractivity (Wildman–Crippen MR) is 67.9 cm³/mol. The fraction of sp³-hybridized carbons (Fsp3) is 0.385. The first-order valence-electron chi connectivity index (χ1n) is 5.97. The van der Waals surface area contributed by atoms with Crippen molar-refractivity contribution in [3.63, 3.8) is 0 Å². The lowest BCUT2D eigenvalue weighted by Gasteiger charge is -2.13. The van der Waals surface area contributed by atoms with Crippen molar-refractivity contribution in [2.24, 2.45) is 5.92 Å². The molecule has 0 aromatic heterocycles. The van der Waals surface area contributed by atoms with Crippen molar-refractivity contribution in [1.82, 2.24) is 5.32 Å². The minimum Gasteiger partial charge on any atom is -0.348 e. The Morgan fingerprint density at radius 1 is 1.15 bits per heavy atom. The van der Waals surface area contributed by atoms with Gasteiger partial charge in [0, 0.05) is 6.54 Å². The smallest absolute Gasteiger partial charge is 0.348 e. The third kappa shape index (κ3) is 4.56. The maximum absolute atomic E-state index is 12.7. The lowest BCUT2D eigenvalue weighted by molar-refractivity contribution is -0.138. The molecule has 1 aromatic rings. The highest BCUT2D eigenvalue weighted by Crippen LogP contribution is 2.34. The average Bonchev–Trinajstić information content (AvgIpc) is 2.35. The van der Waals surface area contributed by atoms with Gasteiger partial charge in [0.05, 0.1) is 11.3 Å². The fourth-order valence-corrected chi connectivity index (χ4v) is 1.40. The van der Waals surface area contributed by atoms with Crippen LogP contribution in [0, 0.1) is 5.92 Å². The molecule has 0 heterocycles. The fourth-order valence-electron chi connectivity index (χ4n) is 1.40. The van der Waals surface area contributed by atoms with Crippen LogP contribution in [0.1, 0.15) is 19.4 Å². The molecule has 0 spiro atoms. The Bertz CT molecular complexity index is 499. The quantitative estimate of drug-likeness (QED) is 0.839. The second-order valence-corrected chi connectivity index (χ2v) is 4.60. The number of carbonyl (C=O) groups is 2. The number of nitrogens with one attached hydrogen (secondary N) is 2. The van der Waals surface area contributed by atoms with E-state index in [0.717, 1.165) is 12.1 Å². The van der Waals surface area contributed by atoms with Crippen LogP contribution in [0.2, 0.25) is 0 Å². The lowest BCUT2D eigenvalue weighted by Crippen LogP contribution is -2.37. The van der Waals surface area contributed by atoms with E-state index in [9.17, 15) is 22.8 Å². The van der Waals surface area contributed by atoms with Gasteiger partial charge in [0.15, 0.2) is 0 Å². The molecule has 1 aromatic carbocycles. The Kier molecular flexibility index (Phi) is 5.12. The second kappa shape index (κ2) is 6.40. The number of carbonyl (C=O) groups excluding carboxylic acids is 2. The zero-order valence-electron chi connectivity index (χ0n) is 11.0. The van der Waals surface area contributed by atoms with Gasteiger partial charge in [-0.25, -0.2) is 0 Å². The van der Waals surface area contributed by atoms with Gasteiger partial charge in [0.2, 0.25) is 0 Å². The molecular formula is C13H15F3N2O2. The summed E-state index contributed by atoms with van der Waals surface area (Å²) in [5.74, 6) is -1.95. The van der Waals surface area contributed by atoms with Crippen LogP contribution in [0.5, 0.6) is 0 Å². The third-order valence-electron chi connectivity index (χ3n) is 2.36. The van der Waals surface area contributed by atoms with Gasteiger partial charge in [0.1, 0.15) is 0 Å². The molecule has 2 amide bonds. The first kappa shape index (κ1) is 16.0. The zero-order chi connectivity index (χ0) is 15.3. The van der Waals surface area contributed by atoms with Crippen LogP contribution in [-0.4, -0.2) is 18.4 Å². The molecule has 1 rings (SSSR count). The molecular weight excluding hydrogens is 273 g/mol. The number of halogens is 3. The molecule has 0 fully saturated rings. The number of amides is 2. The van der Waals surface area contributed by atoms with Gasteiger partial charge in [-0.2, -0.15) is 13.2 Å². The maximum Gasteiger partial charge on any atom is 0.418 e. The summed E-state index contributed by atoms with van der Waals surface area (Å²) in [5.41, 5.74) is -1.44. The molecule has 0 saturated heterocycles. The predicted octanol–water partition coefficient (Wildman–Crippen LogP) is 2.42. The van der Waals surface area contributed by atoms with Crippen LogP contribution in [0.25, 0.3) is 0 Å². The molecule has 20 heavy (non-hydrogen) atoms. The summed E-state index contributed by atoms with van der Waals surface area (Å²) in [7, 11) is 0. The van der Waals surface area contributed by atoms with Crippen LogP contribution < -0.4 is 10.6 Å². The van der Waals surface area contributed by atoms with Gasteiger partial charge in [0.25, 0.3) is 0 Å². The van der Waals surface area contributed by atoms with Crippen molar-refractivity contribution >= 4 is 17.5 Å². The van der Waals surface area contributed by atoms with Gasteiger partial charge in [-0.05, 0) is 18.1 Å². The van der Waals surface area contributed by atoms with Gasteiger partial charge < -0.3 is 10.6 Å². The lowest BCUT2D eigenvalue weighted by atomic mass is 10.1. The van der Waals surface area contributed by atoms with Gasteiger partial charge in [-0.15, -0.1) is 0 Å². The maximum atomic E-state index is 12.7. The minimum absolute atomic E-state index is 0.134. The summed E-state index contributed by atoms with van der Waals surface area (Å²) in [6, 6.07) is 4.48. The zero-order valence-corrected chi connectivity index (χ0v) is 11.0. The van der Waals surface area contributed by atoms with E-state index in [-0.39, 0.29) is 12.5 Å². The van der Waals surface area contributed by atoms with Crippen molar-refractivity contribution in [3.05, 3.63) is 29.8 Å². The molecule has 0 unspecified atom stereocenters. The van der Waals surface area contributed by atoms with Crippen LogP contribution in [0.4, 0.5) is 18.9 Å². The Labute approximate surface area is 114 Å². The monoisotopic (exact) mass is 288 g/mol. The van der Waals surface area contributed by atoms with E-state index >= 15 is 0 Å². The highest BCUT2D eigenvalue weighted by Gasteiger charge is 2.33. The molecule has 0 aliphatic heterocycles. The molecule has 0 radical (unpaired) electrons. The number of anilines is 1. The van der Waals surface area contributed by atoms with Crippen molar-refractivity contribution in [2.45, 2.75) is 20.0 Å². The van der Waals surface area contributed by atoms with Crippen LogP contribution in [-0.2, 0) is 15.8 Å². The van der Waals surface area contributed by atoms with Gasteiger partial charge in [-0.3, -0.25) is 9.59 Å². The number of hydrogen-bond acceptors (Lipinski definition) is 2. The molecule has 0 aliphatic carbocycles. The third-order valence-corrected chi connectivity index (χ3v) is 2.36. The van der Waals surface area contributed by atoms with Gasteiger partial charge in [-0.1, -0.05) is 26.0 Å². The van der Waals surface area contributed by atoms with Crippen LogP contribution >= 0.6 is 0 Å². The van der Waals surface area contributed by atoms with E-state index in [1.807, 2.05) is 19.2 Å². The number of rotatable bonds is 3. The highest BCUT2D eigenvalue weighted by molar-refractivity contribution is 6.39. The van der Waals surface area contributed by atoms with Crippen LogP contribution in [0.3, 0.4) is 0 Å². The first-order chi connectivity index (χ1) is 9.21. The Morgan fingerprint density at radius 2 is 1.75 bits per heavy atom. The molecule has 0 bridgehead atoms. The van der Waals surface area contributed by atoms with Crippen LogP contribution in [0.15, 0.2) is 24.3 Å².